The quantitative estimate of drug-likeness (QED) is 0.508. The SMILES string of the molecule is O=C(NO)c1ccc(N(c2nc3ccccc3[nH]2)C2CCC2)cc1. The Morgan fingerprint density at radius 1 is 1.17 bits per heavy atom. The number of nitrogens with zero attached hydrogens (tertiary/aromatic N) is 2. The van der Waals surface area contributed by atoms with Crippen LogP contribution >= 0.6 is 0 Å². The molecule has 1 aromatic heterocycles. The van der Waals surface area contributed by atoms with Gasteiger partial charge >= 0.3 is 0 Å². The van der Waals surface area contributed by atoms with E-state index in [1.807, 2.05) is 36.4 Å². The topological polar surface area (TPSA) is 81.2 Å². The molecule has 6 heteroatoms. The van der Waals surface area contributed by atoms with Crippen LogP contribution in [0, 0.1) is 0 Å². The van der Waals surface area contributed by atoms with Crippen molar-refractivity contribution in [1.82, 2.24) is 15.4 Å². The second-order valence-electron chi connectivity index (χ2n) is 6.02. The normalized spacial score (nSPS) is 14.4. The standard InChI is InChI=1S/C18H18N4O2/c23-17(21-24)12-8-10-14(11-9-12)22(13-4-3-5-13)18-19-15-6-1-2-7-16(15)20-18/h1-2,6-11,13,24H,3-5H2,(H,19,20)(H,21,23). The number of amides is 1. The number of fused-ring (bicyclic) bond motifs is 1. The summed E-state index contributed by atoms with van der Waals surface area (Å²) in [5.41, 5.74) is 4.99. The van der Waals surface area contributed by atoms with E-state index in [-0.39, 0.29) is 0 Å². The fraction of sp³-hybridized carbons (Fsp3) is 0.222. The number of nitrogens with one attached hydrogen (secondary N) is 2. The van der Waals surface area contributed by atoms with E-state index in [0.29, 0.717) is 11.6 Å². The summed E-state index contributed by atoms with van der Waals surface area (Å²) in [6.07, 6.45) is 3.46. The van der Waals surface area contributed by atoms with Crippen molar-refractivity contribution >= 4 is 28.6 Å². The minimum atomic E-state index is -0.513. The van der Waals surface area contributed by atoms with Gasteiger partial charge in [0.25, 0.3) is 5.91 Å². The zero-order valence-corrected chi connectivity index (χ0v) is 13.1. The predicted octanol–water partition coefficient (Wildman–Crippen LogP) is 3.37. The van der Waals surface area contributed by atoms with E-state index in [1.165, 1.54) is 6.42 Å². The van der Waals surface area contributed by atoms with E-state index in [0.717, 1.165) is 35.5 Å². The number of aromatic amines is 1. The highest BCUT2D eigenvalue weighted by atomic mass is 16.5. The van der Waals surface area contributed by atoms with Crippen molar-refractivity contribution in [3.63, 3.8) is 0 Å². The van der Waals surface area contributed by atoms with Crippen molar-refractivity contribution in [2.24, 2.45) is 0 Å². The molecule has 0 bridgehead atoms. The summed E-state index contributed by atoms with van der Waals surface area (Å²) in [7, 11) is 0. The molecule has 122 valence electrons. The molecular weight excluding hydrogens is 304 g/mol. The number of hydrogen-bond acceptors (Lipinski definition) is 4. The predicted molar refractivity (Wildman–Crippen MR) is 91.6 cm³/mol. The Morgan fingerprint density at radius 2 is 1.92 bits per heavy atom. The molecular formula is C18H18N4O2. The molecule has 3 aromatic rings. The van der Waals surface area contributed by atoms with Crippen molar-refractivity contribution in [1.29, 1.82) is 0 Å². The number of rotatable bonds is 4. The number of benzene rings is 2. The van der Waals surface area contributed by atoms with E-state index >= 15 is 0 Å². The molecule has 2 aromatic carbocycles. The Balaban J connectivity index is 1.72. The monoisotopic (exact) mass is 322 g/mol. The second kappa shape index (κ2) is 5.98. The van der Waals surface area contributed by atoms with Crippen LogP contribution in [0.15, 0.2) is 48.5 Å². The smallest absolute Gasteiger partial charge is 0.274 e. The number of carbonyl (C=O) groups is 1. The first-order chi connectivity index (χ1) is 11.8. The van der Waals surface area contributed by atoms with Crippen LogP contribution in [0.2, 0.25) is 0 Å². The molecule has 3 N–H and O–H groups in total. The summed E-state index contributed by atoms with van der Waals surface area (Å²) < 4.78 is 0. The highest BCUT2D eigenvalue weighted by Gasteiger charge is 2.28. The third-order valence-corrected chi connectivity index (χ3v) is 4.55. The number of hydrogen-bond donors (Lipinski definition) is 3. The maximum atomic E-state index is 11.5. The van der Waals surface area contributed by atoms with Crippen LogP contribution in [-0.4, -0.2) is 27.1 Å². The lowest BCUT2D eigenvalue weighted by Crippen LogP contribution is -2.37. The van der Waals surface area contributed by atoms with Gasteiger partial charge < -0.3 is 9.88 Å². The number of carbonyl (C=O) groups excluding carboxylic acids is 1. The van der Waals surface area contributed by atoms with Crippen LogP contribution in [-0.2, 0) is 0 Å². The molecule has 4 rings (SSSR count). The molecule has 1 heterocycles. The summed E-state index contributed by atoms with van der Waals surface area (Å²) in [4.78, 5) is 21.8. The van der Waals surface area contributed by atoms with Crippen molar-refractivity contribution < 1.29 is 10.0 Å². The lowest BCUT2D eigenvalue weighted by atomic mass is 9.91. The molecule has 1 saturated carbocycles. The first-order valence-corrected chi connectivity index (χ1v) is 8.05. The summed E-state index contributed by atoms with van der Waals surface area (Å²) in [5, 5.41) is 8.74. The van der Waals surface area contributed by atoms with Gasteiger partial charge in [-0.15, -0.1) is 0 Å². The van der Waals surface area contributed by atoms with Gasteiger partial charge in [0.05, 0.1) is 11.0 Å². The number of H-pyrrole nitrogens is 1. The van der Waals surface area contributed by atoms with Gasteiger partial charge in [-0.3, -0.25) is 10.0 Å². The van der Waals surface area contributed by atoms with E-state index in [4.69, 9.17) is 10.2 Å². The number of aromatic nitrogens is 2. The van der Waals surface area contributed by atoms with Gasteiger partial charge in [0, 0.05) is 17.3 Å². The Bertz CT molecular complexity index is 835. The van der Waals surface area contributed by atoms with Crippen molar-refractivity contribution in [2.75, 3.05) is 4.90 Å². The minimum Gasteiger partial charge on any atom is -0.324 e. The van der Waals surface area contributed by atoms with Crippen LogP contribution < -0.4 is 10.4 Å². The Morgan fingerprint density at radius 3 is 2.54 bits per heavy atom. The van der Waals surface area contributed by atoms with Gasteiger partial charge in [-0.25, -0.2) is 10.5 Å². The van der Waals surface area contributed by atoms with Gasteiger partial charge in [-0.1, -0.05) is 12.1 Å². The molecule has 0 saturated heterocycles. The lowest BCUT2D eigenvalue weighted by Gasteiger charge is -2.37. The van der Waals surface area contributed by atoms with E-state index in [2.05, 4.69) is 9.88 Å². The summed E-state index contributed by atoms with van der Waals surface area (Å²) in [6.45, 7) is 0. The van der Waals surface area contributed by atoms with Gasteiger partial charge in [-0.05, 0) is 55.7 Å². The summed E-state index contributed by atoms with van der Waals surface area (Å²) >= 11 is 0. The molecule has 0 spiro atoms. The first kappa shape index (κ1) is 14.7. The molecule has 0 radical (unpaired) electrons. The summed E-state index contributed by atoms with van der Waals surface area (Å²) in [6, 6.07) is 15.5. The van der Waals surface area contributed by atoms with Gasteiger partial charge in [0.15, 0.2) is 0 Å². The average molecular weight is 322 g/mol. The van der Waals surface area contributed by atoms with Gasteiger partial charge in [0.1, 0.15) is 0 Å². The Labute approximate surface area is 139 Å². The highest BCUT2D eigenvalue weighted by molar-refractivity contribution is 5.93. The molecule has 0 aliphatic heterocycles. The molecule has 1 aliphatic carbocycles. The molecule has 0 unspecified atom stereocenters. The Hall–Kier alpha value is -2.86. The van der Waals surface area contributed by atoms with E-state index in [9.17, 15) is 4.79 Å². The van der Waals surface area contributed by atoms with Crippen molar-refractivity contribution in [2.45, 2.75) is 25.3 Å². The van der Waals surface area contributed by atoms with Crippen molar-refractivity contribution in [3.8, 4) is 0 Å². The fourth-order valence-electron chi connectivity index (χ4n) is 3.04. The molecule has 24 heavy (non-hydrogen) atoms. The largest absolute Gasteiger partial charge is 0.324 e. The number of hydroxylamine groups is 1. The van der Waals surface area contributed by atoms with E-state index in [1.54, 1.807) is 17.6 Å². The maximum absolute atomic E-state index is 11.5. The molecule has 1 fully saturated rings. The number of para-hydroxylation sites is 2. The number of anilines is 2. The van der Waals surface area contributed by atoms with Crippen LogP contribution in [0.3, 0.4) is 0 Å². The Kier molecular flexibility index (Phi) is 3.66. The lowest BCUT2D eigenvalue weighted by molar-refractivity contribution is 0.0706. The molecule has 6 nitrogen and oxygen atoms in total. The summed E-state index contributed by atoms with van der Waals surface area (Å²) in [5.74, 6) is 0.306. The minimum absolute atomic E-state index is 0.406. The highest BCUT2D eigenvalue weighted by Crippen LogP contribution is 2.35. The average Bonchev–Trinajstić information content (AvgIpc) is 3.01. The second-order valence-corrected chi connectivity index (χ2v) is 6.02. The van der Waals surface area contributed by atoms with Crippen LogP contribution in [0.5, 0.6) is 0 Å². The van der Waals surface area contributed by atoms with Gasteiger partial charge in [-0.2, -0.15) is 0 Å². The van der Waals surface area contributed by atoms with E-state index < -0.39 is 5.91 Å². The molecule has 1 amide bonds. The van der Waals surface area contributed by atoms with Gasteiger partial charge in [0.2, 0.25) is 5.95 Å². The molecule has 0 atom stereocenters. The van der Waals surface area contributed by atoms with Crippen LogP contribution in [0.25, 0.3) is 11.0 Å². The van der Waals surface area contributed by atoms with Crippen LogP contribution in [0.4, 0.5) is 11.6 Å². The van der Waals surface area contributed by atoms with Crippen molar-refractivity contribution in [3.05, 3.63) is 54.1 Å². The zero-order valence-electron chi connectivity index (χ0n) is 13.1. The molecule has 1 aliphatic rings. The van der Waals surface area contributed by atoms with Crippen LogP contribution in [0.1, 0.15) is 29.6 Å². The fourth-order valence-corrected chi connectivity index (χ4v) is 3.04. The third-order valence-electron chi connectivity index (χ3n) is 4.55. The first-order valence-electron chi connectivity index (χ1n) is 8.05. The number of imidazole rings is 1. The zero-order chi connectivity index (χ0) is 16.5. The maximum Gasteiger partial charge on any atom is 0.274 e. The third kappa shape index (κ3) is 2.51.